The van der Waals surface area contributed by atoms with Crippen molar-refractivity contribution in [1.82, 2.24) is 20.5 Å². The van der Waals surface area contributed by atoms with Gasteiger partial charge in [0, 0.05) is 10.0 Å². The normalized spacial score (nSPS) is 19.3. The topological polar surface area (TPSA) is 53.6 Å². The maximum absolute atomic E-state index is 13.3. The Labute approximate surface area is 112 Å². The van der Waals surface area contributed by atoms with E-state index < -0.39 is 0 Å². The van der Waals surface area contributed by atoms with Gasteiger partial charge in [0.05, 0.1) is 6.04 Å². The van der Waals surface area contributed by atoms with E-state index in [2.05, 4.69) is 36.4 Å². The Bertz CT molecular complexity index is 543. The first-order valence-electron chi connectivity index (χ1n) is 5.84. The summed E-state index contributed by atoms with van der Waals surface area (Å²) >= 11 is 3.27. The van der Waals surface area contributed by atoms with E-state index in [4.69, 9.17) is 0 Å². The summed E-state index contributed by atoms with van der Waals surface area (Å²) in [5.74, 6) is 1.05. The van der Waals surface area contributed by atoms with Crippen molar-refractivity contribution in [1.29, 1.82) is 0 Å². The highest BCUT2D eigenvalue weighted by Gasteiger charge is 2.20. The highest BCUT2D eigenvalue weighted by Crippen LogP contribution is 2.25. The summed E-state index contributed by atoms with van der Waals surface area (Å²) in [5.41, 5.74) is 0.669. The summed E-state index contributed by atoms with van der Waals surface area (Å²) in [4.78, 5) is 4.43. The lowest BCUT2D eigenvalue weighted by Gasteiger charge is -2.03. The van der Waals surface area contributed by atoms with Gasteiger partial charge in [-0.1, -0.05) is 15.9 Å². The minimum atomic E-state index is -0.301. The van der Waals surface area contributed by atoms with Gasteiger partial charge >= 0.3 is 0 Å². The molecule has 2 heterocycles. The van der Waals surface area contributed by atoms with E-state index in [9.17, 15) is 4.39 Å². The second-order valence-electron chi connectivity index (χ2n) is 4.35. The molecule has 0 amide bonds. The van der Waals surface area contributed by atoms with Gasteiger partial charge in [0.25, 0.3) is 0 Å². The summed E-state index contributed by atoms with van der Waals surface area (Å²) < 4.78 is 14.0. The second kappa shape index (κ2) is 4.78. The number of rotatable bonds is 2. The van der Waals surface area contributed by atoms with E-state index in [1.54, 1.807) is 6.07 Å². The first kappa shape index (κ1) is 11.8. The quantitative estimate of drug-likeness (QED) is 0.897. The van der Waals surface area contributed by atoms with Crippen LogP contribution in [0.4, 0.5) is 4.39 Å². The molecule has 0 saturated carbocycles. The molecular weight excluding hydrogens is 299 g/mol. The van der Waals surface area contributed by atoms with Crippen LogP contribution in [-0.4, -0.2) is 21.7 Å². The third-order valence-electron chi connectivity index (χ3n) is 3.01. The molecule has 4 nitrogen and oxygen atoms in total. The summed E-state index contributed by atoms with van der Waals surface area (Å²) in [7, 11) is 0. The molecule has 6 heteroatoms. The van der Waals surface area contributed by atoms with Gasteiger partial charge in [0.15, 0.2) is 5.82 Å². The fraction of sp³-hybridized carbons (Fsp3) is 0.333. The van der Waals surface area contributed by atoms with Crippen molar-refractivity contribution in [3.8, 4) is 11.4 Å². The zero-order valence-corrected chi connectivity index (χ0v) is 11.2. The first-order chi connectivity index (χ1) is 8.72. The number of aromatic amines is 1. The zero-order valence-electron chi connectivity index (χ0n) is 9.58. The predicted molar refractivity (Wildman–Crippen MR) is 69.5 cm³/mol. The van der Waals surface area contributed by atoms with E-state index in [1.807, 2.05) is 0 Å². The van der Waals surface area contributed by atoms with E-state index in [0.29, 0.717) is 15.9 Å². The van der Waals surface area contributed by atoms with Gasteiger partial charge in [0.1, 0.15) is 11.6 Å². The molecule has 0 aliphatic carbocycles. The van der Waals surface area contributed by atoms with Gasteiger partial charge in [-0.25, -0.2) is 9.37 Å². The fourth-order valence-corrected chi connectivity index (χ4v) is 2.63. The largest absolute Gasteiger partial charge is 0.307 e. The average Bonchev–Trinajstić information content (AvgIpc) is 2.99. The van der Waals surface area contributed by atoms with Crippen LogP contribution in [0, 0.1) is 5.82 Å². The van der Waals surface area contributed by atoms with Gasteiger partial charge in [-0.15, -0.1) is 0 Å². The Morgan fingerprint density at radius 3 is 2.94 bits per heavy atom. The molecule has 0 radical (unpaired) electrons. The Morgan fingerprint density at radius 1 is 1.33 bits per heavy atom. The lowest BCUT2D eigenvalue weighted by Crippen LogP contribution is -2.14. The number of H-pyrrole nitrogens is 1. The summed E-state index contributed by atoms with van der Waals surface area (Å²) in [6.07, 6.45) is 2.20. The monoisotopic (exact) mass is 310 g/mol. The van der Waals surface area contributed by atoms with Crippen molar-refractivity contribution < 1.29 is 4.39 Å². The molecule has 1 unspecified atom stereocenters. The lowest BCUT2D eigenvalue weighted by molar-refractivity contribution is 0.608. The molecular formula is C12H12BrFN4. The Balaban J connectivity index is 1.92. The van der Waals surface area contributed by atoms with Crippen LogP contribution in [0.3, 0.4) is 0 Å². The van der Waals surface area contributed by atoms with Crippen LogP contribution >= 0.6 is 15.9 Å². The van der Waals surface area contributed by atoms with Crippen molar-refractivity contribution >= 4 is 15.9 Å². The van der Waals surface area contributed by atoms with Crippen molar-refractivity contribution in [2.75, 3.05) is 6.54 Å². The van der Waals surface area contributed by atoms with Crippen LogP contribution in [0.25, 0.3) is 11.4 Å². The number of halogens is 2. The molecule has 1 aromatic heterocycles. The maximum atomic E-state index is 13.3. The molecule has 1 aliphatic heterocycles. The van der Waals surface area contributed by atoms with Crippen LogP contribution in [-0.2, 0) is 0 Å². The number of aromatic nitrogens is 3. The fourth-order valence-electron chi connectivity index (χ4n) is 2.16. The molecule has 2 aromatic rings. The first-order valence-corrected chi connectivity index (χ1v) is 6.64. The average molecular weight is 311 g/mol. The molecule has 1 fully saturated rings. The summed E-state index contributed by atoms with van der Waals surface area (Å²) in [6, 6.07) is 4.89. The highest BCUT2D eigenvalue weighted by molar-refractivity contribution is 9.10. The molecule has 0 spiro atoms. The Kier molecular flexibility index (Phi) is 3.13. The Hall–Kier alpha value is -1.27. The van der Waals surface area contributed by atoms with Gasteiger partial charge < -0.3 is 5.32 Å². The number of hydrogen-bond acceptors (Lipinski definition) is 3. The molecule has 3 rings (SSSR count). The number of nitrogens with one attached hydrogen (secondary N) is 2. The van der Waals surface area contributed by atoms with Crippen LogP contribution in [0.1, 0.15) is 24.7 Å². The number of nitrogens with zero attached hydrogens (tertiary/aromatic N) is 2. The third-order valence-corrected chi connectivity index (χ3v) is 3.47. The van der Waals surface area contributed by atoms with E-state index >= 15 is 0 Å². The Morgan fingerprint density at radius 2 is 2.22 bits per heavy atom. The minimum absolute atomic E-state index is 0.239. The minimum Gasteiger partial charge on any atom is -0.307 e. The highest BCUT2D eigenvalue weighted by atomic mass is 79.9. The number of hydrogen-bond donors (Lipinski definition) is 2. The molecule has 1 aliphatic rings. The van der Waals surface area contributed by atoms with Gasteiger partial charge in [-0.2, -0.15) is 5.10 Å². The van der Waals surface area contributed by atoms with Gasteiger partial charge in [0.2, 0.25) is 0 Å². The lowest BCUT2D eigenvalue weighted by atomic mass is 10.2. The van der Waals surface area contributed by atoms with E-state index in [-0.39, 0.29) is 11.9 Å². The van der Waals surface area contributed by atoms with Gasteiger partial charge in [-0.05, 0) is 37.6 Å². The van der Waals surface area contributed by atoms with Crippen molar-refractivity contribution in [3.05, 3.63) is 34.3 Å². The van der Waals surface area contributed by atoms with E-state index in [1.165, 1.54) is 12.1 Å². The maximum Gasteiger partial charge on any atom is 0.181 e. The van der Waals surface area contributed by atoms with Gasteiger partial charge in [-0.3, -0.25) is 5.10 Å². The molecule has 1 atom stereocenters. The molecule has 1 saturated heterocycles. The van der Waals surface area contributed by atoms with Crippen LogP contribution < -0.4 is 5.32 Å². The van der Waals surface area contributed by atoms with E-state index in [0.717, 1.165) is 25.2 Å². The van der Waals surface area contributed by atoms with Crippen molar-refractivity contribution in [3.63, 3.8) is 0 Å². The molecule has 18 heavy (non-hydrogen) atoms. The van der Waals surface area contributed by atoms with Crippen LogP contribution in [0.2, 0.25) is 0 Å². The molecule has 2 N–H and O–H groups in total. The smallest absolute Gasteiger partial charge is 0.181 e. The zero-order chi connectivity index (χ0) is 12.5. The van der Waals surface area contributed by atoms with Crippen molar-refractivity contribution in [2.24, 2.45) is 0 Å². The van der Waals surface area contributed by atoms with Crippen molar-refractivity contribution in [2.45, 2.75) is 18.9 Å². The summed E-state index contributed by atoms with van der Waals surface area (Å²) in [5, 5.41) is 10.4. The second-order valence-corrected chi connectivity index (χ2v) is 5.27. The standard InChI is InChI=1S/C12H12BrFN4/c13-8-4-7(5-9(14)6-8)11-16-12(18-17-11)10-2-1-3-15-10/h4-6,10,15H,1-3H2,(H,16,17,18). The number of benzene rings is 1. The SMILES string of the molecule is Fc1cc(Br)cc(-c2n[nH]c(C3CCCN3)n2)c1. The molecule has 94 valence electrons. The summed E-state index contributed by atoms with van der Waals surface area (Å²) in [6.45, 7) is 1.01. The predicted octanol–water partition coefficient (Wildman–Crippen LogP) is 2.80. The third kappa shape index (κ3) is 2.30. The molecule has 0 bridgehead atoms. The van der Waals surface area contributed by atoms with Crippen LogP contribution in [0.15, 0.2) is 22.7 Å². The van der Waals surface area contributed by atoms with Crippen LogP contribution in [0.5, 0.6) is 0 Å². The molecule has 1 aromatic carbocycles.